The molecule has 1 atom stereocenters. The predicted octanol–water partition coefficient (Wildman–Crippen LogP) is 3.13. The molecule has 0 bridgehead atoms. The minimum absolute atomic E-state index is 0.232. The molecule has 0 spiro atoms. The Hall–Kier alpha value is -2.23. The quantitative estimate of drug-likeness (QED) is 0.715. The molecule has 2 heterocycles. The fourth-order valence-electron chi connectivity index (χ4n) is 2.63. The standard InChI is InChI=1S/C16H18N4/c1-10(13-8-6-5-7-9-13)15-19-14-11(2)17-12(3)18-16(14)20(15)4/h5-10H,1-4H3. The zero-order chi connectivity index (χ0) is 14.3. The van der Waals surface area contributed by atoms with Gasteiger partial charge in [-0.15, -0.1) is 0 Å². The van der Waals surface area contributed by atoms with Crippen LogP contribution >= 0.6 is 0 Å². The molecule has 1 aromatic carbocycles. The van der Waals surface area contributed by atoms with Crippen LogP contribution in [0, 0.1) is 13.8 Å². The van der Waals surface area contributed by atoms with Gasteiger partial charge in [0.25, 0.3) is 0 Å². The molecule has 1 unspecified atom stereocenters. The van der Waals surface area contributed by atoms with E-state index in [0.717, 1.165) is 28.5 Å². The summed E-state index contributed by atoms with van der Waals surface area (Å²) in [7, 11) is 2.02. The lowest BCUT2D eigenvalue weighted by Crippen LogP contribution is -2.05. The third-order valence-corrected chi connectivity index (χ3v) is 3.73. The van der Waals surface area contributed by atoms with E-state index in [1.165, 1.54) is 5.56 Å². The van der Waals surface area contributed by atoms with E-state index in [0.29, 0.717) is 0 Å². The number of benzene rings is 1. The van der Waals surface area contributed by atoms with Gasteiger partial charge in [0.2, 0.25) is 0 Å². The summed E-state index contributed by atoms with van der Waals surface area (Å²) in [5.41, 5.74) is 4.01. The summed E-state index contributed by atoms with van der Waals surface area (Å²) in [6.07, 6.45) is 0. The molecule has 3 aromatic rings. The van der Waals surface area contributed by atoms with Crippen molar-refractivity contribution in [2.45, 2.75) is 26.7 Å². The second-order valence-corrected chi connectivity index (χ2v) is 5.19. The fourth-order valence-corrected chi connectivity index (χ4v) is 2.63. The van der Waals surface area contributed by atoms with Gasteiger partial charge in [0.15, 0.2) is 5.65 Å². The second-order valence-electron chi connectivity index (χ2n) is 5.19. The molecule has 0 saturated carbocycles. The van der Waals surface area contributed by atoms with Gasteiger partial charge in [-0.25, -0.2) is 15.0 Å². The zero-order valence-corrected chi connectivity index (χ0v) is 12.3. The molecule has 20 heavy (non-hydrogen) atoms. The van der Waals surface area contributed by atoms with Crippen molar-refractivity contribution in [3.8, 4) is 0 Å². The van der Waals surface area contributed by atoms with Crippen LogP contribution in [-0.4, -0.2) is 19.5 Å². The van der Waals surface area contributed by atoms with Crippen LogP contribution in [0.3, 0.4) is 0 Å². The lowest BCUT2D eigenvalue weighted by Gasteiger charge is -2.11. The smallest absolute Gasteiger partial charge is 0.163 e. The van der Waals surface area contributed by atoms with Gasteiger partial charge in [-0.1, -0.05) is 37.3 Å². The molecular weight excluding hydrogens is 248 g/mol. The molecule has 102 valence electrons. The first-order chi connectivity index (χ1) is 9.58. The topological polar surface area (TPSA) is 43.6 Å². The monoisotopic (exact) mass is 266 g/mol. The van der Waals surface area contributed by atoms with E-state index in [2.05, 4.69) is 45.7 Å². The largest absolute Gasteiger partial charge is 0.315 e. The van der Waals surface area contributed by atoms with Gasteiger partial charge in [0.1, 0.15) is 17.2 Å². The van der Waals surface area contributed by atoms with Crippen LogP contribution in [0.1, 0.15) is 35.7 Å². The van der Waals surface area contributed by atoms with Gasteiger partial charge < -0.3 is 4.57 Å². The Morgan fingerprint density at radius 2 is 1.70 bits per heavy atom. The molecule has 0 radical (unpaired) electrons. The Labute approximate surface area is 118 Å². The van der Waals surface area contributed by atoms with Crippen molar-refractivity contribution in [1.82, 2.24) is 19.5 Å². The first-order valence-electron chi connectivity index (χ1n) is 6.80. The van der Waals surface area contributed by atoms with Crippen LogP contribution < -0.4 is 0 Å². The molecule has 0 N–H and O–H groups in total. The van der Waals surface area contributed by atoms with E-state index in [9.17, 15) is 0 Å². The third kappa shape index (κ3) is 1.97. The normalized spacial score (nSPS) is 12.8. The summed E-state index contributed by atoms with van der Waals surface area (Å²) in [6.45, 7) is 6.08. The molecule has 4 heteroatoms. The SMILES string of the molecule is Cc1nc(C)c2nc(C(C)c3ccccc3)n(C)c2n1. The average Bonchev–Trinajstić information content (AvgIpc) is 2.77. The number of rotatable bonds is 2. The first kappa shape index (κ1) is 12.8. The van der Waals surface area contributed by atoms with Crippen LogP contribution in [-0.2, 0) is 7.05 Å². The number of aromatic nitrogens is 4. The average molecular weight is 266 g/mol. The first-order valence-corrected chi connectivity index (χ1v) is 6.80. The van der Waals surface area contributed by atoms with Crippen molar-refractivity contribution in [3.05, 3.63) is 53.2 Å². The minimum Gasteiger partial charge on any atom is -0.315 e. The zero-order valence-electron chi connectivity index (χ0n) is 12.3. The number of nitrogens with zero attached hydrogens (tertiary/aromatic N) is 4. The van der Waals surface area contributed by atoms with Crippen molar-refractivity contribution in [3.63, 3.8) is 0 Å². The van der Waals surface area contributed by atoms with Crippen LogP contribution in [0.15, 0.2) is 30.3 Å². The van der Waals surface area contributed by atoms with E-state index in [1.54, 1.807) is 0 Å². The summed E-state index contributed by atoms with van der Waals surface area (Å²) in [4.78, 5) is 13.7. The molecular formula is C16H18N4. The third-order valence-electron chi connectivity index (χ3n) is 3.73. The van der Waals surface area contributed by atoms with Crippen LogP contribution in [0.5, 0.6) is 0 Å². The maximum atomic E-state index is 4.77. The molecule has 0 aliphatic rings. The highest BCUT2D eigenvalue weighted by Gasteiger charge is 2.18. The molecule has 0 aliphatic heterocycles. The Morgan fingerprint density at radius 1 is 1.00 bits per heavy atom. The van der Waals surface area contributed by atoms with E-state index >= 15 is 0 Å². The summed E-state index contributed by atoms with van der Waals surface area (Å²) in [6, 6.07) is 10.4. The highest BCUT2D eigenvalue weighted by molar-refractivity contribution is 5.74. The number of aryl methyl sites for hydroxylation is 3. The summed E-state index contributed by atoms with van der Waals surface area (Å²) >= 11 is 0. The van der Waals surface area contributed by atoms with E-state index < -0.39 is 0 Å². The molecule has 4 nitrogen and oxygen atoms in total. The van der Waals surface area contributed by atoms with Gasteiger partial charge in [0.05, 0.1) is 5.69 Å². The fraction of sp³-hybridized carbons (Fsp3) is 0.312. The molecule has 3 rings (SSSR count). The lowest BCUT2D eigenvalue weighted by molar-refractivity contribution is 0.747. The Bertz CT molecular complexity index is 759. The summed E-state index contributed by atoms with van der Waals surface area (Å²) in [5, 5.41) is 0. The maximum absolute atomic E-state index is 4.77. The van der Waals surface area contributed by atoms with Crippen molar-refractivity contribution in [2.75, 3.05) is 0 Å². The molecule has 0 aliphatic carbocycles. The maximum Gasteiger partial charge on any atom is 0.163 e. The van der Waals surface area contributed by atoms with Crippen LogP contribution in [0.2, 0.25) is 0 Å². The second kappa shape index (κ2) is 4.71. The predicted molar refractivity (Wildman–Crippen MR) is 79.7 cm³/mol. The lowest BCUT2D eigenvalue weighted by atomic mass is 10.0. The number of fused-ring (bicyclic) bond motifs is 1. The van der Waals surface area contributed by atoms with Crippen molar-refractivity contribution >= 4 is 11.2 Å². The van der Waals surface area contributed by atoms with Gasteiger partial charge in [0, 0.05) is 13.0 Å². The Balaban J connectivity index is 2.18. The van der Waals surface area contributed by atoms with E-state index in [4.69, 9.17) is 4.98 Å². The van der Waals surface area contributed by atoms with E-state index in [-0.39, 0.29) is 5.92 Å². The van der Waals surface area contributed by atoms with Crippen molar-refractivity contribution < 1.29 is 0 Å². The Kier molecular flexibility index (Phi) is 3.01. The summed E-state index contributed by atoms with van der Waals surface area (Å²) in [5.74, 6) is 2.04. The number of hydrogen-bond donors (Lipinski definition) is 0. The molecule has 0 saturated heterocycles. The van der Waals surface area contributed by atoms with Gasteiger partial charge in [-0.2, -0.15) is 0 Å². The number of imidazole rings is 1. The van der Waals surface area contributed by atoms with Crippen LogP contribution in [0.25, 0.3) is 11.2 Å². The highest BCUT2D eigenvalue weighted by Crippen LogP contribution is 2.26. The van der Waals surface area contributed by atoms with Gasteiger partial charge >= 0.3 is 0 Å². The highest BCUT2D eigenvalue weighted by atomic mass is 15.1. The Morgan fingerprint density at radius 3 is 2.40 bits per heavy atom. The van der Waals surface area contributed by atoms with Crippen molar-refractivity contribution in [2.24, 2.45) is 7.05 Å². The van der Waals surface area contributed by atoms with Crippen molar-refractivity contribution in [1.29, 1.82) is 0 Å². The van der Waals surface area contributed by atoms with Gasteiger partial charge in [-0.3, -0.25) is 0 Å². The molecule has 0 amide bonds. The van der Waals surface area contributed by atoms with E-state index in [1.807, 2.05) is 27.0 Å². The summed E-state index contributed by atoms with van der Waals surface area (Å²) < 4.78 is 2.08. The molecule has 2 aromatic heterocycles. The number of hydrogen-bond acceptors (Lipinski definition) is 3. The molecule has 0 fully saturated rings. The van der Waals surface area contributed by atoms with Crippen LogP contribution in [0.4, 0.5) is 0 Å². The minimum atomic E-state index is 0.232. The van der Waals surface area contributed by atoms with Gasteiger partial charge in [-0.05, 0) is 19.4 Å².